The second-order valence-electron chi connectivity index (χ2n) is 5.76. The zero-order valence-electron chi connectivity index (χ0n) is 14.3. The molecule has 0 spiro atoms. The number of nitrogen functional groups attached to an aromatic ring is 1. The fraction of sp³-hybridized carbons (Fsp3) is 0.0625. The topological polar surface area (TPSA) is 146 Å². The molecule has 3 aromatic rings. The number of halogens is 2. The second-order valence-corrected chi connectivity index (χ2v) is 7.32. The highest BCUT2D eigenvalue weighted by Gasteiger charge is 2.25. The minimum absolute atomic E-state index is 0.0749. The van der Waals surface area contributed by atoms with E-state index in [0.29, 0.717) is 10.4 Å². The van der Waals surface area contributed by atoms with Crippen molar-refractivity contribution in [3.63, 3.8) is 0 Å². The number of nitrogens with one attached hydrogen (secondary N) is 1. The quantitative estimate of drug-likeness (QED) is 0.593. The number of anilines is 3. The molecule has 0 unspecified atom stereocenters. The van der Waals surface area contributed by atoms with Crippen molar-refractivity contribution in [2.75, 3.05) is 11.1 Å². The Kier molecular flexibility index (Phi) is 4.83. The van der Waals surface area contributed by atoms with Crippen LogP contribution in [0.5, 0.6) is 0 Å². The van der Waals surface area contributed by atoms with E-state index in [2.05, 4.69) is 15.4 Å². The molecule has 1 heterocycles. The smallest absolute Gasteiger partial charge is 0.287 e. The van der Waals surface area contributed by atoms with Crippen LogP contribution in [0.15, 0.2) is 41.3 Å². The lowest BCUT2D eigenvalue weighted by atomic mass is 10.1. The molecule has 0 aliphatic carbocycles. The Bertz CT molecular complexity index is 1180. The number of carbonyl (C=O) groups is 1. The van der Waals surface area contributed by atoms with Crippen molar-refractivity contribution in [2.24, 2.45) is 5.14 Å². The van der Waals surface area contributed by atoms with Crippen molar-refractivity contribution in [3.8, 4) is 0 Å². The fourth-order valence-corrected chi connectivity index (χ4v) is 2.88. The van der Waals surface area contributed by atoms with Gasteiger partial charge in [-0.2, -0.15) is 9.67 Å². The Morgan fingerprint density at radius 2 is 1.79 bits per heavy atom. The first-order valence-electron chi connectivity index (χ1n) is 7.69. The highest BCUT2D eigenvalue weighted by atomic mass is 32.2. The third-order valence-electron chi connectivity index (χ3n) is 3.75. The summed E-state index contributed by atoms with van der Waals surface area (Å²) in [5.74, 6) is -3.74. The maximum Gasteiger partial charge on any atom is 0.287 e. The number of hydrogen-bond acceptors (Lipinski definition) is 7. The molecule has 0 saturated carbocycles. The molecule has 9 nitrogen and oxygen atoms in total. The molecule has 12 heteroatoms. The maximum atomic E-state index is 14.3. The van der Waals surface area contributed by atoms with Crippen molar-refractivity contribution in [3.05, 3.63) is 59.2 Å². The molecule has 0 atom stereocenters. The number of primary sulfonamides is 1. The summed E-state index contributed by atoms with van der Waals surface area (Å²) in [6.45, 7) is 1.38. The lowest BCUT2D eigenvalue weighted by molar-refractivity contribution is 0.0939. The number of sulfonamides is 1. The van der Waals surface area contributed by atoms with Crippen LogP contribution in [-0.2, 0) is 10.0 Å². The van der Waals surface area contributed by atoms with Gasteiger partial charge in [-0.25, -0.2) is 22.3 Å². The molecule has 3 rings (SSSR count). The van der Waals surface area contributed by atoms with E-state index >= 15 is 0 Å². The summed E-state index contributed by atoms with van der Waals surface area (Å²) in [7, 11) is -3.88. The molecule has 5 N–H and O–H groups in total. The van der Waals surface area contributed by atoms with Crippen molar-refractivity contribution in [1.29, 1.82) is 0 Å². The third-order valence-corrected chi connectivity index (χ3v) is 4.68. The highest BCUT2D eigenvalue weighted by molar-refractivity contribution is 7.89. The van der Waals surface area contributed by atoms with Gasteiger partial charge in [-0.05, 0) is 42.8 Å². The Morgan fingerprint density at radius 3 is 2.39 bits per heavy atom. The van der Waals surface area contributed by atoms with Gasteiger partial charge in [0.25, 0.3) is 5.91 Å². The van der Waals surface area contributed by atoms with E-state index in [9.17, 15) is 22.0 Å². The SMILES string of the molecule is Cc1ccc(F)c(C(=O)n2nc(N)nc2Nc2ccc(S(N)(=O)=O)cc2)c1F. The summed E-state index contributed by atoms with van der Waals surface area (Å²) in [5.41, 5.74) is 5.09. The summed E-state index contributed by atoms with van der Waals surface area (Å²) in [6, 6.07) is 7.32. The van der Waals surface area contributed by atoms with Crippen LogP contribution in [0.2, 0.25) is 0 Å². The molecule has 0 fully saturated rings. The van der Waals surface area contributed by atoms with E-state index in [0.717, 1.165) is 6.07 Å². The van der Waals surface area contributed by atoms with Crippen molar-refractivity contribution >= 4 is 33.5 Å². The van der Waals surface area contributed by atoms with Gasteiger partial charge in [0, 0.05) is 5.69 Å². The second kappa shape index (κ2) is 6.98. The van der Waals surface area contributed by atoms with Gasteiger partial charge >= 0.3 is 0 Å². The summed E-state index contributed by atoms with van der Waals surface area (Å²) < 4.78 is 51.5. The molecule has 28 heavy (non-hydrogen) atoms. The Labute approximate surface area is 158 Å². The first-order chi connectivity index (χ1) is 13.1. The maximum absolute atomic E-state index is 14.3. The molecule has 2 aromatic carbocycles. The molecule has 0 amide bonds. The molecule has 0 aliphatic heterocycles. The zero-order valence-corrected chi connectivity index (χ0v) is 15.2. The van der Waals surface area contributed by atoms with Crippen LogP contribution in [0, 0.1) is 18.6 Å². The van der Waals surface area contributed by atoms with Gasteiger partial charge < -0.3 is 11.1 Å². The van der Waals surface area contributed by atoms with E-state index in [1.807, 2.05) is 0 Å². The lowest BCUT2D eigenvalue weighted by Gasteiger charge is -2.09. The van der Waals surface area contributed by atoms with E-state index < -0.39 is 33.1 Å². The van der Waals surface area contributed by atoms with Gasteiger partial charge in [0.05, 0.1) is 4.90 Å². The van der Waals surface area contributed by atoms with Crippen molar-refractivity contribution in [2.45, 2.75) is 11.8 Å². The standard InChI is InChI=1S/C16H14F2N6O3S/c1-8-2-7-11(17)12(13(8)18)14(25)24-16(22-15(19)23-24)21-9-3-5-10(6-4-9)28(20,26)27/h2-7H,1H3,(H2,20,26,27)(H3,19,21,22,23). The van der Waals surface area contributed by atoms with Crippen LogP contribution in [0.4, 0.5) is 26.4 Å². The molecule has 0 aliphatic rings. The van der Waals surface area contributed by atoms with Crippen LogP contribution >= 0.6 is 0 Å². The van der Waals surface area contributed by atoms with Crippen molar-refractivity contribution < 1.29 is 22.0 Å². The molecule has 1 aromatic heterocycles. The summed E-state index contributed by atoms with van der Waals surface area (Å²) in [5, 5.41) is 11.4. The molecule has 0 saturated heterocycles. The number of rotatable bonds is 4. The number of nitrogens with zero attached hydrogens (tertiary/aromatic N) is 3. The third kappa shape index (κ3) is 3.68. The van der Waals surface area contributed by atoms with Gasteiger partial charge in [0.1, 0.15) is 17.2 Å². The Balaban J connectivity index is 1.98. The molecular weight excluding hydrogens is 394 g/mol. The predicted octanol–water partition coefficient (Wildman–Crippen LogP) is 1.53. The van der Waals surface area contributed by atoms with Gasteiger partial charge in [0.15, 0.2) is 0 Å². The Morgan fingerprint density at radius 1 is 1.14 bits per heavy atom. The van der Waals surface area contributed by atoms with Gasteiger partial charge in [-0.1, -0.05) is 6.07 Å². The number of aromatic nitrogens is 3. The molecule has 0 radical (unpaired) electrons. The average Bonchev–Trinajstić information content (AvgIpc) is 2.98. The Hall–Kier alpha value is -3.38. The van der Waals surface area contributed by atoms with Gasteiger partial charge in [0.2, 0.25) is 21.9 Å². The largest absolute Gasteiger partial charge is 0.366 e. The first kappa shape index (κ1) is 19.4. The monoisotopic (exact) mass is 408 g/mol. The van der Waals surface area contributed by atoms with E-state index in [4.69, 9.17) is 10.9 Å². The molecular formula is C16H14F2N6O3S. The number of benzene rings is 2. The summed E-state index contributed by atoms with van der Waals surface area (Å²) in [4.78, 5) is 16.3. The van der Waals surface area contributed by atoms with E-state index in [1.54, 1.807) is 0 Å². The number of carbonyl (C=O) groups excluding carboxylic acids is 1. The molecule has 0 bridgehead atoms. The summed E-state index contributed by atoms with van der Waals surface area (Å²) >= 11 is 0. The average molecular weight is 408 g/mol. The van der Waals surface area contributed by atoms with Crippen LogP contribution in [0.1, 0.15) is 15.9 Å². The van der Waals surface area contributed by atoms with Crippen LogP contribution in [0.3, 0.4) is 0 Å². The van der Waals surface area contributed by atoms with Gasteiger partial charge in [-0.3, -0.25) is 4.79 Å². The normalized spacial score (nSPS) is 11.4. The summed E-state index contributed by atoms with van der Waals surface area (Å²) in [6.07, 6.45) is 0. The fourth-order valence-electron chi connectivity index (χ4n) is 2.37. The lowest BCUT2D eigenvalue weighted by Crippen LogP contribution is -2.20. The van der Waals surface area contributed by atoms with Crippen LogP contribution in [-0.4, -0.2) is 29.1 Å². The highest BCUT2D eigenvalue weighted by Crippen LogP contribution is 2.22. The number of nitrogens with two attached hydrogens (primary N) is 2. The minimum atomic E-state index is -3.88. The zero-order chi connectivity index (χ0) is 20.6. The van der Waals surface area contributed by atoms with Crippen LogP contribution < -0.4 is 16.2 Å². The molecule has 146 valence electrons. The van der Waals surface area contributed by atoms with Crippen LogP contribution in [0.25, 0.3) is 0 Å². The number of hydrogen-bond donors (Lipinski definition) is 3. The predicted molar refractivity (Wildman–Crippen MR) is 96.4 cm³/mol. The van der Waals surface area contributed by atoms with E-state index in [1.165, 1.54) is 37.3 Å². The first-order valence-corrected chi connectivity index (χ1v) is 9.24. The van der Waals surface area contributed by atoms with E-state index in [-0.39, 0.29) is 22.4 Å². The van der Waals surface area contributed by atoms with Gasteiger partial charge in [-0.15, -0.1) is 5.10 Å². The van der Waals surface area contributed by atoms with Crippen molar-refractivity contribution in [1.82, 2.24) is 14.8 Å². The minimum Gasteiger partial charge on any atom is -0.366 e. The number of aryl methyl sites for hydroxylation is 1.